The highest BCUT2D eigenvalue weighted by molar-refractivity contribution is 6.12. The van der Waals surface area contributed by atoms with E-state index >= 15 is 0 Å². The van der Waals surface area contributed by atoms with Gasteiger partial charge in [-0.2, -0.15) is 0 Å². The molecule has 0 fully saturated rings. The van der Waals surface area contributed by atoms with Crippen molar-refractivity contribution in [3.63, 3.8) is 0 Å². The zero-order valence-corrected chi connectivity index (χ0v) is 35.7. The molecule has 4 heterocycles. The van der Waals surface area contributed by atoms with E-state index in [1.165, 1.54) is 27.5 Å². The van der Waals surface area contributed by atoms with Crippen LogP contribution >= 0.6 is 0 Å². The van der Waals surface area contributed by atoms with E-state index in [9.17, 15) is 0 Å². The predicted octanol–water partition coefficient (Wildman–Crippen LogP) is 14.2. The van der Waals surface area contributed by atoms with Gasteiger partial charge in [0.25, 0.3) is 6.33 Å². The minimum absolute atomic E-state index is 0.514. The average Bonchev–Trinajstić information content (AvgIpc) is 4.02. The quantitative estimate of drug-likeness (QED) is 0.107. The summed E-state index contributed by atoms with van der Waals surface area (Å²) in [4.78, 5) is 5.05. The highest BCUT2D eigenvalue weighted by Crippen LogP contribution is 2.39. The molecule has 4 aromatic heterocycles. The first-order chi connectivity index (χ1) is 31.6. The summed E-state index contributed by atoms with van der Waals surface area (Å²) in [5.74, 6) is 1.32. The molecule has 5 nitrogen and oxygen atoms in total. The normalized spacial score (nSPS) is 11.9. The zero-order chi connectivity index (χ0) is 42.7. The number of benzene rings is 8. The Labute approximate surface area is 371 Å². The lowest BCUT2D eigenvalue weighted by molar-refractivity contribution is -0.571. The SMILES string of the molecule is CC(C)Cc1cccc2c1oc1c(-n3c4ccccc4c4ccc(Cc5cccc(-n6[c-][n+](-c7c(-c8ccccc8)cccc7-c7ccccc7)c7ccccc76)c5)cc43)nccc12. The van der Waals surface area contributed by atoms with Gasteiger partial charge in [-0.05, 0) is 88.0 Å². The first-order valence-corrected chi connectivity index (χ1v) is 22.2. The van der Waals surface area contributed by atoms with Crippen molar-refractivity contribution in [1.82, 2.24) is 14.1 Å². The third-order valence-corrected chi connectivity index (χ3v) is 12.6. The first-order valence-electron chi connectivity index (χ1n) is 22.2. The Morgan fingerprint density at radius 3 is 1.97 bits per heavy atom. The van der Waals surface area contributed by atoms with Crippen LogP contribution in [0.15, 0.2) is 205 Å². The maximum absolute atomic E-state index is 6.85. The largest absolute Gasteiger partial charge is 0.452 e. The van der Waals surface area contributed by atoms with Crippen LogP contribution in [-0.4, -0.2) is 14.1 Å². The summed E-state index contributed by atoms with van der Waals surface area (Å²) in [7, 11) is 0. The van der Waals surface area contributed by atoms with Gasteiger partial charge in [0.2, 0.25) is 0 Å². The van der Waals surface area contributed by atoms with Gasteiger partial charge in [0.05, 0.1) is 33.4 Å². The third-order valence-electron chi connectivity index (χ3n) is 12.6. The molecule has 0 unspecified atom stereocenters. The van der Waals surface area contributed by atoms with Crippen molar-refractivity contribution in [2.45, 2.75) is 26.7 Å². The van der Waals surface area contributed by atoms with Crippen LogP contribution in [0, 0.1) is 12.2 Å². The molecule has 0 saturated carbocycles. The molecule has 8 aromatic carbocycles. The van der Waals surface area contributed by atoms with Crippen LogP contribution in [0.1, 0.15) is 30.5 Å². The molecule has 0 aliphatic heterocycles. The van der Waals surface area contributed by atoms with E-state index in [2.05, 4.69) is 228 Å². The van der Waals surface area contributed by atoms with Crippen molar-refractivity contribution in [2.75, 3.05) is 0 Å². The minimum atomic E-state index is 0.514. The van der Waals surface area contributed by atoms with Crippen LogP contribution in [0.3, 0.4) is 0 Å². The molecule has 64 heavy (non-hydrogen) atoms. The van der Waals surface area contributed by atoms with Crippen molar-refractivity contribution in [2.24, 2.45) is 5.92 Å². The van der Waals surface area contributed by atoms with E-state index < -0.39 is 0 Å². The van der Waals surface area contributed by atoms with Gasteiger partial charge in [0.1, 0.15) is 5.58 Å². The summed E-state index contributed by atoms with van der Waals surface area (Å²) >= 11 is 0. The molecule has 0 N–H and O–H groups in total. The number of hydrogen-bond acceptors (Lipinski definition) is 2. The van der Waals surface area contributed by atoms with Crippen molar-refractivity contribution in [3.8, 4) is 39.4 Å². The molecule has 0 bridgehead atoms. The molecule has 0 amide bonds. The number of nitrogens with zero attached hydrogens (tertiary/aromatic N) is 4. The Balaban J connectivity index is 0.974. The summed E-state index contributed by atoms with van der Waals surface area (Å²) < 4.78 is 13.6. The van der Waals surface area contributed by atoms with Gasteiger partial charge in [-0.25, -0.2) is 4.98 Å². The van der Waals surface area contributed by atoms with Crippen molar-refractivity contribution in [1.29, 1.82) is 0 Å². The van der Waals surface area contributed by atoms with Gasteiger partial charge in [-0.15, -0.1) is 0 Å². The van der Waals surface area contributed by atoms with Crippen LogP contribution in [0.25, 0.3) is 94.2 Å². The number of furan rings is 1. The third kappa shape index (κ3) is 6.31. The predicted molar refractivity (Wildman–Crippen MR) is 262 cm³/mol. The molecule has 0 spiro atoms. The number of rotatable bonds is 9. The van der Waals surface area contributed by atoms with Crippen LogP contribution in [0.2, 0.25) is 0 Å². The molecule has 12 aromatic rings. The minimum Gasteiger partial charge on any atom is -0.452 e. The fraction of sp³-hybridized carbons (Fsp3) is 0.0847. The van der Waals surface area contributed by atoms with Crippen molar-refractivity contribution in [3.05, 3.63) is 223 Å². The number of imidazole rings is 1. The molecule has 5 heteroatoms. The Hall–Kier alpha value is -8.02. The van der Waals surface area contributed by atoms with Crippen molar-refractivity contribution < 1.29 is 8.98 Å². The lowest BCUT2D eigenvalue weighted by Gasteiger charge is -2.17. The molecule has 0 radical (unpaired) electrons. The number of fused-ring (bicyclic) bond motifs is 7. The van der Waals surface area contributed by atoms with E-state index in [1.54, 1.807) is 0 Å². The summed E-state index contributed by atoms with van der Waals surface area (Å²) in [5, 5.41) is 4.59. The number of aromatic nitrogens is 4. The van der Waals surface area contributed by atoms with E-state index in [4.69, 9.17) is 9.40 Å². The van der Waals surface area contributed by atoms with E-state index in [1.807, 2.05) is 6.20 Å². The number of pyridine rings is 1. The standard InChI is InChI=1S/C59H44N4O/c1-39(2)34-44-21-14-26-50-51-32-33-60-59(58(51)64-57(44)50)63-52-27-10-9-23-48(52)49-31-30-41(37-55(49)63)35-40-16-13-22-45(36-40)61-38-62(54-29-12-11-28-53(54)61)56-46(42-17-5-3-6-18-42)24-15-25-47(56)43-19-7-4-8-20-43/h3-33,36-37,39H,34-35H2,1-2H3. The second-order valence-electron chi connectivity index (χ2n) is 17.2. The Kier molecular flexibility index (Phi) is 9.08. The van der Waals surface area contributed by atoms with Crippen LogP contribution < -0.4 is 4.57 Å². The second-order valence-corrected chi connectivity index (χ2v) is 17.2. The summed E-state index contributed by atoms with van der Waals surface area (Å²) in [6.45, 7) is 4.51. The van der Waals surface area contributed by atoms with Gasteiger partial charge in [0, 0.05) is 27.7 Å². The Morgan fingerprint density at radius 2 is 1.19 bits per heavy atom. The molecule has 0 aliphatic rings. The summed E-state index contributed by atoms with van der Waals surface area (Å²) in [5.41, 5.74) is 16.6. The molecule has 0 atom stereocenters. The average molecular weight is 825 g/mol. The molecular weight excluding hydrogens is 781 g/mol. The fourth-order valence-corrected chi connectivity index (χ4v) is 9.83. The first kappa shape index (κ1) is 37.7. The van der Waals surface area contributed by atoms with E-state index in [0.717, 1.165) is 96.3 Å². The smallest absolute Gasteiger partial charge is 0.269 e. The van der Waals surface area contributed by atoms with E-state index in [-0.39, 0.29) is 0 Å². The number of hydrogen-bond donors (Lipinski definition) is 0. The van der Waals surface area contributed by atoms with Gasteiger partial charge in [-0.3, -0.25) is 13.7 Å². The van der Waals surface area contributed by atoms with Crippen molar-refractivity contribution >= 4 is 54.8 Å². The molecule has 0 saturated heterocycles. The summed E-state index contributed by atoms with van der Waals surface area (Å²) in [6, 6.07) is 69.6. The van der Waals surface area contributed by atoms with E-state index in [0.29, 0.717) is 5.92 Å². The topological polar surface area (TPSA) is 39.8 Å². The molecule has 0 aliphatic carbocycles. The molecule has 306 valence electrons. The highest BCUT2D eigenvalue weighted by atomic mass is 16.3. The summed E-state index contributed by atoms with van der Waals surface area (Å²) in [6.07, 6.45) is 7.48. The zero-order valence-electron chi connectivity index (χ0n) is 35.7. The molecule has 12 rings (SSSR count). The fourth-order valence-electron chi connectivity index (χ4n) is 9.83. The maximum Gasteiger partial charge on any atom is 0.269 e. The lowest BCUT2D eigenvalue weighted by atomic mass is 9.95. The van der Waals surface area contributed by atoms with Gasteiger partial charge < -0.3 is 4.42 Å². The number of para-hydroxylation sites is 5. The van der Waals surface area contributed by atoms with Gasteiger partial charge in [0.15, 0.2) is 11.4 Å². The van der Waals surface area contributed by atoms with Crippen LogP contribution in [-0.2, 0) is 12.8 Å². The van der Waals surface area contributed by atoms with Crippen LogP contribution in [0.4, 0.5) is 0 Å². The Bertz CT molecular complexity index is 3650. The lowest BCUT2D eigenvalue weighted by Crippen LogP contribution is -2.31. The second kappa shape index (κ2) is 15.4. The van der Waals surface area contributed by atoms with Crippen LogP contribution in [0.5, 0.6) is 0 Å². The monoisotopic (exact) mass is 824 g/mol. The molecular formula is C59H44N4O. The van der Waals surface area contributed by atoms with Gasteiger partial charge >= 0.3 is 0 Å². The highest BCUT2D eigenvalue weighted by Gasteiger charge is 2.22. The maximum atomic E-state index is 6.85. The van der Waals surface area contributed by atoms with Gasteiger partial charge in [-0.1, -0.05) is 178 Å². The Morgan fingerprint density at radius 1 is 0.547 bits per heavy atom.